The van der Waals surface area contributed by atoms with Gasteiger partial charge in [-0.15, -0.1) is 0 Å². The molecule has 0 amide bonds. The standard InChI is InChI=1S/C14H31NO3/c1-12(2)15-14(6,11-16)7-8-17-9-10-18-13(3,4)5/h12,15-16H,7-11H2,1-6H3. The van der Waals surface area contributed by atoms with Crippen molar-refractivity contribution in [1.82, 2.24) is 5.32 Å². The average Bonchev–Trinajstić information content (AvgIpc) is 2.20. The highest BCUT2D eigenvalue weighted by Gasteiger charge is 2.23. The first-order chi connectivity index (χ1) is 8.18. The summed E-state index contributed by atoms with van der Waals surface area (Å²) in [5.74, 6) is 0. The number of rotatable bonds is 9. The number of nitrogens with one attached hydrogen (secondary N) is 1. The van der Waals surface area contributed by atoms with E-state index in [-0.39, 0.29) is 17.7 Å². The first kappa shape index (κ1) is 17.8. The Morgan fingerprint density at radius 3 is 2.11 bits per heavy atom. The van der Waals surface area contributed by atoms with Crippen LogP contribution in [0.25, 0.3) is 0 Å². The van der Waals surface area contributed by atoms with Crippen molar-refractivity contribution in [3.8, 4) is 0 Å². The third kappa shape index (κ3) is 9.83. The molecular weight excluding hydrogens is 230 g/mol. The molecule has 0 saturated carbocycles. The molecule has 0 fully saturated rings. The quantitative estimate of drug-likeness (QED) is 0.623. The largest absolute Gasteiger partial charge is 0.394 e. The van der Waals surface area contributed by atoms with Crippen LogP contribution in [0.2, 0.25) is 0 Å². The van der Waals surface area contributed by atoms with Crippen molar-refractivity contribution in [2.24, 2.45) is 0 Å². The van der Waals surface area contributed by atoms with Crippen molar-refractivity contribution in [2.45, 2.75) is 65.1 Å². The summed E-state index contributed by atoms with van der Waals surface area (Å²) in [7, 11) is 0. The van der Waals surface area contributed by atoms with Crippen LogP contribution in [0, 0.1) is 0 Å². The summed E-state index contributed by atoms with van der Waals surface area (Å²) in [5.41, 5.74) is -0.374. The van der Waals surface area contributed by atoms with Gasteiger partial charge in [0.25, 0.3) is 0 Å². The first-order valence-corrected chi connectivity index (χ1v) is 6.79. The summed E-state index contributed by atoms with van der Waals surface area (Å²) in [6.07, 6.45) is 0.789. The van der Waals surface area contributed by atoms with Crippen LogP contribution in [-0.4, -0.2) is 48.7 Å². The van der Waals surface area contributed by atoms with E-state index >= 15 is 0 Å². The molecule has 4 nitrogen and oxygen atoms in total. The lowest BCUT2D eigenvalue weighted by atomic mass is 9.98. The van der Waals surface area contributed by atoms with E-state index in [4.69, 9.17) is 9.47 Å². The molecule has 110 valence electrons. The second-order valence-electron chi connectivity index (χ2n) is 6.34. The zero-order valence-corrected chi connectivity index (χ0v) is 12.9. The van der Waals surface area contributed by atoms with Gasteiger partial charge in [0.2, 0.25) is 0 Å². The van der Waals surface area contributed by atoms with Gasteiger partial charge in [-0.1, -0.05) is 13.8 Å². The second-order valence-corrected chi connectivity index (χ2v) is 6.34. The third-order valence-corrected chi connectivity index (χ3v) is 2.55. The zero-order valence-electron chi connectivity index (χ0n) is 12.9. The molecule has 0 aromatic heterocycles. The third-order valence-electron chi connectivity index (χ3n) is 2.55. The average molecular weight is 261 g/mol. The maximum atomic E-state index is 9.40. The van der Waals surface area contributed by atoms with Crippen molar-refractivity contribution >= 4 is 0 Å². The Morgan fingerprint density at radius 2 is 1.67 bits per heavy atom. The van der Waals surface area contributed by atoms with Crippen LogP contribution in [0.15, 0.2) is 0 Å². The van der Waals surface area contributed by atoms with Crippen LogP contribution < -0.4 is 5.32 Å². The van der Waals surface area contributed by atoms with Gasteiger partial charge in [-0.2, -0.15) is 0 Å². The molecular formula is C14H31NO3. The molecule has 0 aromatic rings. The Balaban J connectivity index is 3.69. The normalized spacial score (nSPS) is 16.0. The van der Waals surface area contributed by atoms with Gasteiger partial charge >= 0.3 is 0 Å². The van der Waals surface area contributed by atoms with E-state index in [1.807, 2.05) is 27.7 Å². The summed E-state index contributed by atoms with van der Waals surface area (Å²) in [6.45, 7) is 14.2. The van der Waals surface area contributed by atoms with Gasteiger partial charge in [0.1, 0.15) is 0 Å². The lowest BCUT2D eigenvalue weighted by Gasteiger charge is -2.31. The summed E-state index contributed by atoms with van der Waals surface area (Å²) >= 11 is 0. The zero-order chi connectivity index (χ0) is 14.2. The van der Waals surface area contributed by atoms with Gasteiger partial charge in [-0.3, -0.25) is 0 Å². The van der Waals surface area contributed by atoms with Crippen LogP contribution in [0.4, 0.5) is 0 Å². The molecule has 0 rings (SSSR count). The number of aliphatic hydroxyl groups is 1. The fraction of sp³-hybridized carbons (Fsp3) is 1.00. The Morgan fingerprint density at radius 1 is 1.06 bits per heavy atom. The van der Waals surface area contributed by atoms with Gasteiger partial charge in [-0.25, -0.2) is 0 Å². The molecule has 1 atom stereocenters. The highest BCUT2D eigenvalue weighted by atomic mass is 16.5. The monoisotopic (exact) mass is 261 g/mol. The molecule has 0 heterocycles. The predicted molar refractivity (Wildman–Crippen MR) is 74.9 cm³/mol. The van der Waals surface area contributed by atoms with Crippen molar-refractivity contribution in [3.05, 3.63) is 0 Å². The van der Waals surface area contributed by atoms with E-state index in [1.54, 1.807) is 0 Å². The lowest BCUT2D eigenvalue weighted by molar-refractivity contribution is -0.0378. The molecule has 0 radical (unpaired) electrons. The van der Waals surface area contributed by atoms with Gasteiger partial charge in [-0.05, 0) is 34.1 Å². The van der Waals surface area contributed by atoms with Crippen molar-refractivity contribution < 1.29 is 14.6 Å². The molecule has 0 aliphatic heterocycles. The Kier molecular flexibility index (Phi) is 8.03. The fourth-order valence-corrected chi connectivity index (χ4v) is 1.70. The topological polar surface area (TPSA) is 50.7 Å². The SMILES string of the molecule is CC(C)NC(C)(CO)CCOCCOC(C)(C)C. The number of ether oxygens (including phenoxy) is 2. The fourth-order valence-electron chi connectivity index (χ4n) is 1.70. The summed E-state index contributed by atoms with van der Waals surface area (Å²) in [4.78, 5) is 0. The maximum absolute atomic E-state index is 9.40. The summed E-state index contributed by atoms with van der Waals surface area (Å²) < 4.78 is 11.1. The highest BCUT2D eigenvalue weighted by molar-refractivity contribution is 4.83. The van der Waals surface area contributed by atoms with Crippen LogP contribution in [-0.2, 0) is 9.47 Å². The number of hydrogen-bond donors (Lipinski definition) is 2. The molecule has 18 heavy (non-hydrogen) atoms. The van der Waals surface area contributed by atoms with E-state index in [2.05, 4.69) is 19.2 Å². The van der Waals surface area contributed by atoms with E-state index in [0.717, 1.165) is 6.42 Å². The molecule has 0 aliphatic rings. The first-order valence-electron chi connectivity index (χ1n) is 6.79. The minimum atomic E-state index is -0.265. The van der Waals surface area contributed by atoms with Crippen LogP contribution in [0.3, 0.4) is 0 Å². The van der Waals surface area contributed by atoms with Crippen LogP contribution >= 0.6 is 0 Å². The molecule has 0 saturated heterocycles. The molecule has 2 N–H and O–H groups in total. The van der Waals surface area contributed by atoms with Crippen molar-refractivity contribution in [3.63, 3.8) is 0 Å². The second kappa shape index (κ2) is 8.10. The lowest BCUT2D eigenvalue weighted by Crippen LogP contribution is -2.49. The van der Waals surface area contributed by atoms with Crippen LogP contribution in [0.5, 0.6) is 0 Å². The van der Waals surface area contributed by atoms with Gasteiger partial charge in [0.15, 0.2) is 0 Å². The summed E-state index contributed by atoms with van der Waals surface area (Å²) in [5, 5.41) is 12.8. The molecule has 1 unspecified atom stereocenters. The minimum absolute atomic E-state index is 0.109. The molecule has 4 heteroatoms. The van der Waals surface area contributed by atoms with Gasteiger partial charge < -0.3 is 19.9 Å². The van der Waals surface area contributed by atoms with E-state index in [1.165, 1.54) is 0 Å². The van der Waals surface area contributed by atoms with Gasteiger partial charge in [0.05, 0.1) is 25.4 Å². The predicted octanol–water partition coefficient (Wildman–Crippen LogP) is 1.96. The molecule has 0 aliphatic carbocycles. The molecule has 0 bridgehead atoms. The number of aliphatic hydroxyl groups excluding tert-OH is 1. The smallest absolute Gasteiger partial charge is 0.0707 e. The van der Waals surface area contributed by atoms with E-state index in [9.17, 15) is 5.11 Å². The maximum Gasteiger partial charge on any atom is 0.0707 e. The Hall–Kier alpha value is -0.160. The van der Waals surface area contributed by atoms with Crippen LogP contribution in [0.1, 0.15) is 48.0 Å². The molecule has 0 spiro atoms. The summed E-state index contributed by atoms with van der Waals surface area (Å²) in [6, 6.07) is 0.353. The van der Waals surface area contributed by atoms with Crippen molar-refractivity contribution in [2.75, 3.05) is 26.4 Å². The minimum Gasteiger partial charge on any atom is -0.394 e. The van der Waals surface area contributed by atoms with E-state index in [0.29, 0.717) is 25.9 Å². The van der Waals surface area contributed by atoms with E-state index < -0.39 is 0 Å². The Labute approximate surface area is 112 Å². The van der Waals surface area contributed by atoms with Crippen molar-refractivity contribution in [1.29, 1.82) is 0 Å². The Bertz CT molecular complexity index is 214. The molecule has 0 aromatic carbocycles. The van der Waals surface area contributed by atoms with Gasteiger partial charge in [0, 0.05) is 18.2 Å². The number of hydrogen-bond acceptors (Lipinski definition) is 4. The highest BCUT2D eigenvalue weighted by Crippen LogP contribution is 2.10.